The molecular formula is C15H16F4N2O3. The summed E-state index contributed by atoms with van der Waals surface area (Å²) in [6.45, 7) is -3.02. The normalized spacial score (nSPS) is 17.9. The molecule has 1 fully saturated rings. The van der Waals surface area contributed by atoms with Crippen molar-refractivity contribution in [3.05, 3.63) is 29.3 Å². The topological polar surface area (TPSA) is 72.6 Å². The van der Waals surface area contributed by atoms with Crippen LogP contribution in [-0.2, 0) is 4.79 Å². The zero-order chi connectivity index (χ0) is 17.9. The van der Waals surface area contributed by atoms with Crippen LogP contribution in [0.25, 0.3) is 0 Å². The maximum Gasteiger partial charge on any atom is 0.387 e. The van der Waals surface area contributed by atoms with Gasteiger partial charge in [0.1, 0.15) is 22.9 Å². The number of hydrogen-bond acceptors (Lipinski definition) is 3. The summed E-state index contributed by atoms with van der Waals surface area (Å²) in [6, 6.07) is 0.505. The lowest BCUT2D eigenvalue weighted by Crippen LogP contribution is -2.46. The highest BCUT2D eigenvalue weighted by Crippen LogP contribution is 2.27. The van der Waals surface area contributed by atoms with E-state index in [-0.39, 0.29) is 13.0 Å². The second kappa shape index (κ2) is 7.50. The standard InChI is InChI=1S/C15H16F4N2O3/c16-10-6-9(24-15(18)19)7-11(17)13(10)14(23)21-4-2-1-3-8(21)5-12(20)22/h6-8,15H,1-5H2,(H2,20,22)/t8-/m0/s1. The maximum absolute atomic E-state index is 14.1. The number of piperidine rings is 1. The van der Waals surface area contributed by atoms with Gasteiger partial charge >= 0.3 is 6.61 Å². The first kappa shape index (κ1) is 18.0. The quantitative estimate of drug-likeness (QED) is 0.831. The molecule has 1 heterocycles. The molecule has 1 aromatic rings. The molecule has 0 aromatic heterocycles. The fourth-order valence-electron chi connectivity index (χ4n) is 2.78. The molecule has 9 heteroatoms. The fourth-order valence-corrected chi connectivity index (χ4v) is 2.78. The summed E-state index contributed by atoms with van der Waals surface area (Å²) in [5.74, 6) is -4.90. The van der Waals surface area contributed by atoms with Gasteiger partial charge in [0.25, 0.3) is 5.91 Å². The van der Waals surface area contributed by atoms with Crippen molar-refractivity contribution in [2.75, 3.05) is 6.54 Å². The van der Waals surface area contributed by atoms with Crippen molar-refractivity contribution in [2.45, 2.75) is 38.3 Å². The third kappa shape index (κ3) is 4.15. The number of primary amides is 1. The van der Waals surface area contributed by atoms with E-state index in [1.807, 2.05) is 0 Å². The Morgan fingerprint density at radius 3 is 2.42 bits per heavy atom. The van der Waals surface area contributed by atoms with Crippen molar-refractivity contribution in [3.63, 3.8) is 0 Å². The Hall–Kier alpha value is -2.32. The van der Waals surface area contributed by atoms with E-state index in [9.17, 15) is 27.2 Å². The second-order valence-corrected chi connectivity index (χ2v) is 5.46. The molecule has 0 spiro atoms. The molecule has 2 amide bonds. The van der Waals surface area contributed by atoms with Gasteiger partial charge in [0.15, 0.2) is 0 Å². The number of rotatable bonds is 5. The number of nitrogens with two attached hydrogens (primary N) is 1. The van der Waals surface area contributed by atoms with Crippen molar-refractivity contribution in [3.8, 4) is 5.75 Å². The summed E-state index contributed by atoms with van der Waals surface area (Å²) in [7, 11) is 0. The Labute approximate surface area is 135 Å². The third-order valence-corrected chi connectivity index (χ3v) is 3.78. The monoisotopic (exact) mass is 348 g/mol. The Balaban J connectivity index is 2.29. The van der Waals surface area contributed by atoms with Crippen molar-refractivity contribution >= 4 is 11.8 Å². The van der Waals surface area contributed by atoms with Crippen molar-refractivity contribution < 1.29 is 31.9 Å². The molecule has 5 nitrogen and oxygen atoms in total. The number of carbonyl (C=O) groups is 2. The molecule has 0 aliphatic carbocycles. The molecule has 1 atom stereocenters. The molecule has 0 radical (unpaired) electrons. The SMILES string of the molecule is NC(=O)C[C@@H]1CCCCN1C(=O)c1c(F)cc(OC(F)F)cc1F. The number of benzene rings is 1. The average Bonchev–Trinajstić information content (AvgIpc) is 2.45. The van der Waals surface area contributed by atoms with Crippen LogP contribution in [0.5, 0.6) is 5.75 Å². The van der Waals surface area contributed by atoms with Gasteiger partial charge in [0.05, 0.1) is 0 Å². The first-order valence-electron chi connectivity index (χ1n) is 7.32. The van der Waals surface area contributed by atoms with Crippen LogP contribution < -0.4 is 10.5 Å². The number of amides is 2. The van der Waals surface area contributed by atoms with Crippen LogP contribution in [0.2, 0.25) is 0 Å². The van der Waals surface area contributed by atoms with Gasteiger partial charge in [0.2, 0.25) is 5.91 Å². The lowest BCUT2D eigenvalue weighted by atomic mass is 9.97. The Kier molecular flexibility index (Phi) is 5.63. The van der Waals surface area contributed by atoms with E-state index < -0.39 is 47.4 Å². The number of likely N-dealkylation sites (tertiary alicyclic amines) is 1. The summed E-state index contributed by atoms with van der Waals surface area (Å²) in [5.41, 5.74) is 4.27. The predicted octanol–water partition coefficient (Wildman–Crippen LogP) is 2.44. The van der Waals surface area contributed by atoms with E-state index in [4.69, 9.17) is 5.73 Å². The van der Waals surface area contributed by atoms with Gasteiger partial charge in [-0.05, 0) is 19.3 Å². The summed E-state index contributed by atoms with van der Waals surface area (Å²) >= 11 is 0. The molecule has 1 aliphatic heterocycles. The van der Waals surface area contributed by atoms with Gasteiger partial charge in [-0.15, -0.1) is 0 Å². The largest absolute Gasteiger partial charge is 0.435 e. The zero-order valence-electron chi connectivity index (χ0n) is 12.6. The van der Waals surface area contributed by atoms with Crippen molar-refractivity contribution in [2.24, 2.45) is 5.73 Å². The van der Waals surface area contributed by atoms with Gasteiger partial charge in [0, 0.05) is 31.1 Å². The summed E-state index contributed by atoms with van der Waals surface area (Å²) in [5, 5.41) is 0. The summed E-state index contributed by atoms with van der Waals surface area (Å²) in [6.07, 6.45) is 1.76. The molecule has 0 bridgehead atoms. The summed E-state index contributed by atoms with van der Waals surface area (Å²) in [4.78, 5) is 24.8. The molecule has 132 valence electrons. The molecule has 0 unspecified atom stereocenters. The van der Waals surface area contributed by atoms with E-state index in [0.29, 0.717) is 25.0 Å². The molecule has 0 saturated carbocycles. The Bertz CT molecular complexity index is 616. The van der Waals surface area contributed by atoms with Crippen LogP contribution in [0.1, 0.15) is 36.0 Å². The van der Waals surface area contributed by atoms with Crippen LogP contribution in [0, 0.1) is 11.6 Å². The van der Waals surface area contributed by atoms with Crippen LogP contribution in [0.15, 0.2) is 12.1 Å². The first-order valence-corrected chi connectivity index (χ1v) is 7.32. The number of ether oxygens (including phenoxy) is 1. The molecule has 1 aromatic carbocycles. The minimum absolute atomic E-state index is 0.110. The van der Waals surface area contributed by atoms with Gasteiger partial charge in [-0.25, -0.2) is 8.78 Å². The maximum atomic E-state index is 14.1. The molecular weight excluding hydrogens is 332 g/mol. The van der Waals surface area contributed by atoms with Gasteiger partial charge < -0.3 is 15.4 Å². The number of hydrogen-bond donors (Lipinski definition) is 1. The van der Waals surface area contributed by atoms with Crippen molar-refractivity contribution in [1.29, 1.82) is 0 Å². The van der Waals surface area contributed by atoms with E-state index in [1.54, 1.807) is 0 Å². The second-order valence-electron chi connectivity index (χ2n) is 5.46. The Morgan fingerprint density at radius 2 is 1.88 bits per heavy atom. The smallest absolute Gasteiger partial charge is 0.387 e. The zero-order valence-corrected chi connectivity index (χ0v) is 12.6. The third-order valence-electron chi connectivity index (χ3n) is 3.78. The minimum Gasteiger partial charge on any atom is -0.435 e. The van der Waals surface area contributed by atoms with Crippen LogP contribution in [-0.4, -0.2) is 35.9 Å². The number of halogens is 4. The van der Waals surface area contributed by atoms with Crippen LogP contribution in [0.3, 0.4) is 0 Å². The minimum atomic E-state index is -3.24. The molecule has 1 aliphatic rings. The van der Waals surface area contributed by atoms with Crippen LogP contribution in [0.4, 0.5) is 17.6 Å². The van der Waals surface area contributed by atoms with E-state index in [0.717, 1.165) is 6.42 Å². The Morgan fingerprint density at radius 1 is 1.25 bits per heavy atom. The predicted molar refractivity (Wildman–Crippen MR) is 75.5 cm³/mol. The van der Waals surface area contributed by atoms with E-state index in [2.05, 4.69) is 4.74 Å². The molecule has 1 saturated heterocycles. The number of alkyl halides is 2. The summed E-state index contributed by atoms with van der Waals surface area (Å²) < 4.78 is 56.3. The fraction of sp³-hybridized carbons (Fsp3) is 0.467. The van der Waals surface area contributed by atoms with Crippen molar-refractivity contribution in [1.82, 2.24) is 4.90 Å². The van der Waals surface area contributed by atoms with Crippen LogP contribution >= 0.6 is 0 Å². The van der Waals surface area contributed by atoms with Gasteiger partial charge in [-0.1, -0.05) is 0 Å². The first-order chi connectivity index (χ1) is 11.3. The average molecular weight is 348 g/mol. The molecule has 24 heavy (non-hydrogen) atoms. The highest BCUT2D eigenvalue weighted by Gasteiger charge is 2.32. The van der Waals surface area contributed by atoms with E-state index >= 15 is 0 Å². The number of nitrogens with zero attached hydrogens (tertiary/aromatic N) is 1. The van der Waals surface area contributed by atoms with Gasteiger partial charge in [-0.2, -0.15) is 8.78 Å². The highest BCUT2D eigenvalue weighted by atomic mass is 19.3. The lowest BCUT2D eigenvalue weighted by molar-refractivity contribution is -0.119. The molecule has 2 rings (SSSR count). The van der Waals surface area contributed by atoms with Gasteiger partial charge in [-0.3, -0.25) is 9.59 Å². The highest BCUT2D eigenvalue weighted by molar-refractivity contribution is 5.95. The lowest BCUT2D eigenvalue weighted by Gasteiger charge is -2.35. The number of carbonyl (C=O) groups excluding carboxylic acids is 2. The van der Waals surface area contributed by atoms with E-state index in [1.165, 1.54) is 4.90 Å². The molecule has 2 N–H and O–H groups in total.